The van der Waals surface area contributed by atoms with Gasteiger partial charge in [-0.3, -0.25) is 14.5 Å². The van der Waals surface area contributed by atoms with Crippen LogP contribution in [0.1, 0.15) is 18.4 Å². The summed E-state index contributed by atoms with van der Waals surface area (Å²) in [4.78, 5) is 24.6. The third kappa shape index (κ3) is 13.8. The van der Waals surface area contributed by atoms with Crippen LogP contribution < -0.4 is 0 Å². The molecular weight excluding hydrogens is 378 g/mol. The standard InChI is InChI=1S/C21H33NO7/c1-25-20(23)8-10-22(11-9-21(24)26-2)12-13-27-14-15-28-16-17-29-18-19-6-4-3-5-7-19/h3-7H,8-18H2,1-2H3. The Morgan fingerprint density at radius 2 is 1.24 bits per heavy atom. The lowest BCUT2D eigenvalue weighted by molar-refractivity contribution is -0.141. The maximum absolute atomic E-state index is 11.3. The lowest BCUT2D eigenvalue weighted by Gasteiger charge is -2.21. The van der Waals surface area contributed by atoms with Crippen LogP contribution >= 0.6 is 0 Å². The zero-order valence-electron chi connectivity index (χ0n) is 17.5. The van der Waals surface area contributed by atoms with E-state index in [1.807, 2.05) is 35.2 Å². The molecule has 0 amide bonds. The molecule has 0 bridgehead atoms. The van der Waals surface area contributed by atoms with Crippen molar-refractivity contribution < 1.29 is 33.3 Å². The summed E-state index contributed by atoms with van der Waals surface area (Å²) in [5.41, 5.74) is 1.14. The second kappa shape index (κ2) is 16.9. The largest absolute Gasteiger partial charge is 0.469 e. The van der Waals surface area contributed by atoms with Gasteiger partial charge in [-0.2, -0.15) is 0 Å². The molecule has 164 valence electrons. The van der Waals surface area contributed by atoms with Crippen molar-refractivity contribution in [1.29, 1.82) is 0 Å². The minimum absolute atomic E-state index is 0.268. The second-order valence-electron chi connectivity index (χ2n) is 6.26. The lowest BCUT2D eigenvalue weighted by Crippen LogP contribution is -2.32. The number of carbonyl (C=O) groups excluding carboxylic acids is 2. The van der Waals surface area contributed by atoms with Crippen molar-refractivity contribution >= 4 is 11.9 Å². The number of esters is 2. The van der Waals surface area contributed by atoms with Crippen LogP contribution in [0.4, 0.5) is 0 Å². The Hall–Kier alpha value is -2.00. The van der Waals surface area contributed by atoms with Crippen LogP contribution in [0.5, 0.6) is 0 Å². The highest BCUT2D eigenvalue weighted by Crippen LogP contribution is 2.00. The number of methoxy groups -OCH3 is 2. The number of carbonyl (C=O) groups is 2. The molecule has 0 N–H and O–H groups in total. The molecule has 8 heteroatoms. The highest BCUT2D eigenvalue weighted by Gasteiger charge is 2.11. The first kappa shape index (κ1) is 25.0. The molecule has 0 aliphatic rings. The van der Waals surface area contributed by atoms with E-state index < -0.39 is 0 Å². The summed E-state index contributed by atoms with van der Waals surface area (Å²) in [6.45, 7) is 4.67. The number of hydrogen-bond donors (Lipinski definition) is 0. The van der Waals surface area contributed by atoms with E-state index in [4.69, 9.17) is 14.2 Å². The average molecular weight is 411 g/mol. The molecule has 1 aromatic carbocycles. The summed E-state index contributed by atoms with van der Waals surface area (Å²) in [5.74, 6) is -0.561. The van der Waals surface area contributed by atoms with Crippen molar-refractivity contribution in [2.45, 2.75) is 19.4 Å². The first-order chi connectivity index (χ1) is 14.2. The summed E-state index contributed by atoms with van der Waals surface area (Å²) in [6, 6.07) is 9.99. The summed E-state index contributed by atoms with van der Waals surface area (Å²) >= 11 is 0. The third-order valence-electron chi connectivity index (χ3n) is 4.13. The summed E-state index contributed by atoms with van der Waals surface area (Å²) < 4.78 is 25.9. The molecule has 1 aromatic rings. The van der Waals surface area contributed by atoms with Gasteiger partial charge in [0.15, 0.2) is 0 Å². The Bertz CT molecular complexity index is 533. The first-order valence-corrected chi connectivity index (χ1v) is 9.79. The molecule has 0 aliphatic carbocycles. The molecule has 0 saturated heterocycles. The van der Waals surface area contributed by atoms with Crippen LogP contribution in [-0.2, 0) is 39.9 Å². The molecule has 0 spiro atoms. The maximum Gasteiger partial charge on any atom is 0.306 e. The van der Waals surface area contributed by atoms with Crippen LogP contribution in [0, 0.1) is 0 Å². The summed E-state index contributed by atoms with van der Waals surface area (Å²) in [5, 5.41) is 0. The smallest absolute Gasteiger partial charge is 0.306 e. The Labute approximate surface area is 173 Å². The average Bonchev–Trinajstić information content (AvgIpc) is 2.76. The van der Waals surface area contributed by atoms with Gasteiger partial charge >= 0.3 is 11.9 Å². The molecule has 1 rings (SSSR count). The maximum atomic E-state index is 11.3. The van der Waals surface area contributed by atoms with Crippen molar-refractivity contribution in [3.8, 4) is 0 Å². The molecular formula is C21H33NO7. The molecule has 29 heavy (non-hydrogen) atoms. The predicted octanol–water partition coefficient (Wildman–Crippen LogP) is 1.66. The van der Waals surface area contributed by atoms with Crippen LogP contribution in [0.25, 0.3) is 0 Å². The minimum atomic E-state index is -0.281. The fourth-order valence-corrected chi connectivity index (χ4v) is 2.44. The van der Waals surface area contributed by atoms with E-state index in [0.29, 0.717) is 59.3 Å². The molecule has 0 unspecified atom stereocenters. The monoisotopic (exact) mass is 411 g/mol. The van der Waals surface area contributed by atoms with Gasteiger partial charge in [-0.05, 0) is 5.56 Å². The first-order valence-electron chi connectivity index (χ1n) is 9.79. The molecule has 0 fully saturated rings. The van der Waals surface area contributed by atoms with Gasteiger partial charge in [0.25, 0.3) is 0 Å². The molecule has 0 heterocycles. The zero-order valence-corrected chi connectivity index (χ0v) is 17.5. The number of rotatable bonds is 17. The normalized spacial score (nSPS) is 10.9. The van der Waals surface area contributed by atoms with E-state index >= 15 is 0 Å². The molecule has 0 saturated carbocycles. The third-order valence-corrected chi connectivity index (χ3v) is 4.13. The highest BCUT2D eigenvalue weighted by atomic mass is 16.5. The van der Waals surface area contributed by atoms with E-state index in [0.717, 1.165) is 5.56 Å². The van der Waals surface area contributed by atoms with Gasteiger partial charge in [-0.1, -0.05) is 30.3 Å². The highest BCUT2D eigenvalue weighted by molar-refractivity contribution is 5.70. The molecule has 0 aromatic heterocycles. The number of benzene rings is 1. The van der Waals surface area contributed by atoms with Crippen molar-refractivity contribution in [3.05, 3.63) is 35.9 Å². The van der Waals surface area contributed by atoms with E-state index in [1.54, 1.807) is 0 Å². The van der Waals surface area contributed by atoms with E-state index in [-0.39, 0.29) is 24.8 Å². The van der Waals surface area contributed by atoms with E-state index in [2.05, 4.69) is 9.47 Å². The fraction of sp³-hybridized carbons (Fsp3) is 0.619. The zero-order chi connectivity index (χ0) is 21.2. The molecule has 0 atom stereocenters. The van der Waals surface area contributed by atoms with Gasteiger partial charge in [0, 0.05) is 19.6 Å². The van der Waals surface area contributed by atoms with Crippen molar-refractivity contribution in [1.82, 2.24) is 4.90 Å². The van der Waals surface area contributed by atoms with Crippen molar-refractivity contribution in [2.24, 2.45) is 0 Å². The van der Waals surface area contributed by atoms with Crippen molar-refractivity contribution in [2.75, 3.05) is 66.9 Å². The SMILES string of the molecule is COC(=O)CCN(CCOCCOCCOCc1ccccc1)CCC(=O)OC. The fourth-order valence-electron chi connectivity index (χ4n) is 2.44. The Morgan fingerprint density at radius 1 is 0.724 bits per heavy atom. The second-order valence-corrected chi connectivity index (χ2v) is 6.26. The summed E-state index contributed by atoms with van der Waals surface area (Å²) in [7, 11) is 2.72. The van der Waals surface area contributed by atoms with Crippen LogP contribution in [0.15, 0.2) is 30.3 Å². The van der Waals surface area contributed by atoms with E-state index in [9.17, 15) is 9.59 Å². The number of nitrogens with zero attached hydrogens (tertiary/aromatic N) is 1. The number of hydrogen-bond acceptors (Lipinski definition) is 8. The van der Waals surface area contributed by atoms with Crippen molar-refractivity contribution in [3.63, 3.8) is 0 Å². The van der Waals surface area contributed by atoms with Crippen LogP contribution in [0.2, 0.25) is 0 Å². The lowest BCUT2D eigenvalue weighted by atomic mass is 10.2. The minimum Gasteiger partial charge on any atom is -0.469 e. The Kier molecular flexibility index (Phi) is 14.6. The van der Waals surface area contributed by atoms with Gasteiger partial charge in [0.05, 0.1) is 66.7 Å². The number of ether oxygens (including phenoxy) is 5. The van der Waals surface area contributed by atoms with Gasteiger partial charge in [-0.15, -0.1) is 0 Å². The molecule has 0 aliphatic heterocycles. The quantitative estimate of drug-likeness (QED) is 0.283. The van der Waals surface area contributed by atoms with Gasteiger partial charge in [-0.25, -0.2) is 0 Å². The molecule has 8 nitrogen and oxygen atoms in total. The van der Waals surface area contributed by atoms with E-state index in [1.165, 1.54) is 14.2 Å². The molecule has 0 radical (unpaired) electrons. The predicted molar refractivity (Wildman–Crippen MR) is 107 cm³/mol. The Balaban J connectivity index is 2.04. The van der Waals surface area contributed by atoms with Gasteiger partial charge in [0.1, 0.15) is 0 Å². The Morgan fingerprint density at radius 3 is 1.79 bits per heavy atom. The van der Waals surface area contributed by atoms with Gasteiger partial charge < -0.3 is 23.7 Å². The van der Waals surface area contributed by atoms with Gasteiger partial charge in [0.2, 0.25) is 0 Å². The van der Waals surface area contributed by atoms with Crippen LogP contribution in [0.3, 0.4) is 0 Å². The topological polar surface area (TPSA) is 83.5 Å². The summed E-state index contributed by atoms with van der Waals surface area (Å²) in [6.07, 6.45) is 0.535. The van der Waals surface area contributed by atoms with Crippen LogP contribution in [-0.4, -0.2) is 83.7 Å².